The van der Waals surface area contributed by atoms with Crippen molar-refractivity contribution < 1.29 is 14.7 Å². The minimum Gasteiger partial charge on any atom is -0.480 e. The third-order valence-corrected chi connectivity index (χ3v) is 2.86. The minimum atomic E-state index is -1.08. The van der Waals surface area contributed by atoms with Crippen LogP contribution < -0.4 is 5.32 Å². The molecule has 1 atom stereocenters. The molecule has 0 fully saturated rings. The molecular weight excluding hydrogens is 228 g/mol. The van der Waals surface area contributed by atoms with Crippen LogP contribution in [0.2, 0.25) is 0 Å². The Morgan fingerprint density at radius 1 is 1.62 bits per heavy atom. The number of carbonyl (C=O) groups is 2. The van der Waals surface area contributed by atoms with Crippen molar-refractivity contribution in [2.75, 3.05) is 0 Å². The number of aliphatic carboxylic acids is 1. The summed E-state index contributed by atoms with van der Waals surface area (Å²) in [5.74, 6) is -1.47. The van der Waals surface area contributed by atoms with E-state index in [1.165, 1.54) is 18.3 Å². The molecule has 0 aliphatic rings. The number of carboxylic acids is 1. The first-order valence-corrected chi connectivity index (χ1v) is 5.33. The van der Waals surface area contributed by atoms with Gasteiger partial charge in [0.2, 0.25) is 5.91 Å². The summed E-state index contributed by atoms with van der Waals surface area (Å²) in [6, 6.07) is 4.36. The Morgan fingerprint density at radius 2 is 2.31 bits per heavy atom. The van der Waals surface area contributed by atoms with Gasteiger partial charge in [-0.2, -0.15) is 5.26 Å². The molecule has 84 valence electrons. The minimum absolute atomic E-state index is 0.196. The van der Waals surface area contributed by atoms with Crippen LogP contribution in [0.3, 0.4) is 0 Å². The summed E-state index contributed by atoms with van der Waals surface area (Å²) in [7, 11) is 0. The first kappa shape index (κ1) is 12.2. The van der Waals surface area contributed by atoms with E-state index in [-0.39, 0.29) is 12.3 Å². The van der Waals surface area contributed by atoms with E-state index < -0.39 is 12.0 Å². The fourth-order valence-electron chi connectivity index (χ4n) is 1.19. The molecule has 1 aromatic rings. The maximum atomic E-state index is 10.8. The number of nitriles is 1. The number of carboxylic acid groups (broad SMARTS) is 1. The van der Waals surface area contributed by atoms with Crippen molar-refractivity contribution >= 4 is 23.2 Å². The normalized spacial score (nSPS) is 11.5. The number of hydrogen-bond acceptors (Lipinski definition) is 4. The summed E-state index contributed by atoms with van der Waals surface area (Å²) in [5, 5.41) is 19.8. The summed E-state index contributed by atoms with van der Waals surface area (Å²) in [5.41, 5.74) is 0. The third kappa shape index (κ3) is 3.37. The van der Waals surface area contributed by atoms with E-state index in [9.17, 15) is 9.59 Å². The molecule has 16 heavy (non-hydrogen) atoms. The van der Waals surface area contributed by atoms with Crippen molar-refractivity contribution in [2.45, 2.75) is 19.4 Å². The van der Waals surface area contributed by atoms with Crippen molar-refractivity contribution in [1.29, 1.82) is 5.26 Å². The molecule has 0 aliphatic heterocycles. The van der Waals surface area contributed by atoms with Crippen LogP contribution in [0.5, 0.6) is 0 Å². The van der Waals surface area contributed by atoms with Gasteiger partial charge in [-0.25, -0.2) is 4.79 Å². The number of thiophene rings is 1. The number of nitrogens with one attached hydrogen (secondary N) is 1. The van der Waals surface area contributed by atoms with Crippen LogP contribution in [-0.2, 0) is 16.0 Å². The standard InChI is InChI=1S/C10H10N2O3S/c1-6(13)12-9(10(14)15)4-7-2-3-8(5-11)16-7/h2-3,9H,4H2,1H3,(H,12,13)(H,14,15). The van der Waals surface area contributed by atoms with Crippen molar-refractivity contribution in [3.8, 4) is 6.07 Å². The first-order chi connectivity index (χ1) is 7.52. The van der Waals surface area contributed by atoms with E-state index >= 15 is 0 Å². The quantitative estimate of drug-likeness (QED) is 0.810. The molecule has 1 aromatic heterocycles. The largest absolute Gasteiger partial charge is 0.480 e. The molecule has 0 aromatic carbocycles. The van der Waals surface area contributed by atoms with Crippen LogP contribution in [-0.4, -0.2) is 23.0 Å². The van der Waals surface area contributed by atoms with Crippen LogP contribution in [0.25, 0.3) is 0 Å². The van der Waals surface area contributed by atoms with Crippen LogP contribution in [0, 0.1) is 11.3 Å². The second-order valence-corrected chi connectivity index (χ2v) is 4.34. The maximum Gasteiger partial charge on any atom is 0.326 e. The molecule has 0 bridgehead atoms. The zero-order valence-corrected chi connectivity index (χ0v) is 9.37. The Labute approximate surface area is 96.3 Å². The lowest BCUT2D eigenvalue weighted by Gasteiger charge is -2.11. The van der Waals surface area contributed by atoms with Crippen LogP contribution >= 0.6 is 11.3 Å². The lowest BCUT2D eigenvalue weighted by atomic mass is 10.2. The SMILES string of the molecule is CC(=O)NC(Cc1ccc(C#N)s1)C(=O)O. The summed E-state index contributed by atoms with van der Waals surface area (Å²) < 4.78 is 0. The fourth-order valence-corrected chi connectivity index (χ4v) is 2.04. The maximum absolute atomic E-state index is 10.8. The van der Waals surface area contributed by atoms with Gasteiger partial charge in [-0.15, -0.1) is 11.3 Å². The van der Waals surface area contributed by atoms with Crippen molar-refractivity contribution in [1.82, 2.24) is 5.32 Å². The third-order valence-electron chi connectivity index (χ3n) is 1.85. The molecule has 0 spiro atoms. The number of carbonyl (C=O) groups excluding carboxylic acids is 1. The average Bonchev–Trinajstić information content (AvgIpc) is 2.63. The van der Waals surface area contributed by atoms with Crippen LogP contribution in [0.4, 0.5) is 0 Å². The highest BCUT2D eigenvalue weighted by molar-refractivity contribution is 7.12. The first-order valence-electron chi connectivity index (χ1n) is 4.51. The molecule has 0 saturated heterocycles. The van der Waals surface area contributed by atoms with E-state index in [0.29, 0.717) is 4.88 Å². The zero-order valence-electron chi connectivity index (χ0n) is 8.56. The molecule has 1 heterocycles. The molecule has 6 heteroatoms. The van der Waals surface area contributed by atoms with Gasteiger partial charge in [-0.3, -0.25) is 4.79 Å². The van der Waals surface area contributed by atoms with Crippen molar-refractivity contribution in [2.24, 2.45) is 0 Å². The van der Waals surface area contributed by atoms with Gasteiger partial charge in [0.1, 0.15) is 17.0 Å². The van der Waals surface area contributed by atoms with E-state index in [4.69, 9.17) is 10.4 Å². The van der Waals surface area contributed by atoms with Crippen molar-refractivity contribution in [3.05, 3.63) is 21.9 Å². The van der Waals surface area contributed by atoms with Gasteiger partial charge in [0, 0.05) is 18.2 Å². The van der Waals surface area contributed by atoms with Crippen LogP contribution in [0.15, 0.2) is 12.1 Å². The zero-order chi connectivity index (χ0) is 12.1. The van der Waals surface area contributed by atoms with Gasteiger partial charge >= 0.3 is 5.97 Å². The van der Waals surface area contributed by atoms with E-state index in [2.05, 4.69) is 5.32 Å². The van der Waals surface area contributed by atoms with Gasteiger partial charge in [-0.05, 0) is 12.1 Å². The predicted octanol–water partition coefficient (Wildman–Crippen LogP) is 0.752. The second kappa shape index (κ2) is 5.28. The van der Waals surface area contributed by atoms with Gasteiger partial charge < -0.3 is 10.4 Å². The van der Waals surface area contributed by atoms with E-state index in [1.54, 1.807) is 12.1 Å². The molecule has 5 nitrogen and oxygen atoms in total. The topological polar surface area (TPSA) is 90.2 Å². The average molecular weight is 238 g/mol. The van der Waals surface area contributed by atoms with Gasteiger partial charge in [0.15, 0.2) is 0 Å². The lowest BCUT2D eigenvalue weighted by molar-refractivity contribution is -0.141. The van der Waals surface area contributed by atoms with E-state index in [1.807, 2.05) is 6.07 Å². The van der Waals surface area contributed by atoms with Gasteiger partial charge in [0.05, 0.1) is 0 Å². The Hall–Kier alpha value is -1.87. The highest BCUT2D eigenvalue weighted by Gasteiger charge is 2.19. The number of hydrogen-bond donors (Lipinski definition) is 2. The highest BCUT2D eigenvalue weighted by Crippen LogP contribution is 2.17. The number of amides is 1. The highest BCUT2D eigenvalue weighted by atomic mass is 32.1. The Bertz CT molecular complexity index is 447. The van der Waals surface area contributed by atoms with Gasteiger partial charge in [-0.1, -0.05) is 0 Å². The molecule has 1 rings (SSSR count). The smallest absolute Gasteiger partial charge is 0.326 e. The Morgan fingerprint density at radius 3 is 2.75 bits per heavy atom. The molecule has 1 amide bonds. The Balaban J connectivity index is 2.72. The molecule has 0 aliphatic carbocycles. The summed E-state index contributed by atoms with van der Waals surface area (Å²) in [6.45, 7) is 1.27. The number of rotatable bonds is 4. The fraction of sp³-hybridized carbons (Fsp3) is 0.300. The molecular formula is C10H10N2O3S. The summed E-state index contributed by atoms with van der Waals surface area (Å²) in [6.07, 6.45) is 0.196. The summed E-state index contributed by atoms with van der Waals surface area (Å²) in [4.78, 5) is 22.9. The van der Waals surface area contributed by atoms with Gasteiger partial charge in [0.25, 0.3) is 0 Å². The molecule has 1 unspecified atom stereocenters. The second-order valence-electron chi connectivity index (χ2n) is 3.17. The number of nitrogens with zero attached hydrogens (tertiary/aromatic N) is 1. The lowest BCUT2D eigenvalue weighted by Crippen LogP contribution is -2.40. The Kier molecular flexibility index (Phi) is 4.03. The monoisotopic (exact) mass is 238 g/mol. The molecule has 0 saturated carbocycles. The molecule has 2 N–H and O–H groups in total. The molecule has 0 radical (unpaired) electrons. The van der Waals surface area contributed by atoms with E-state index in [0.717, 1.165) is 4.88 Å². The predicted molar refractivity (Wildman–Crippen MR) is 58.0 cm³/mol. The summed E-state index contributed by atoms with van der Waals surface area (Å²) >= 11 is 1.23. The van der Waals surface area contributed by atoms with Crippen molar-refractivity contribution in [3.63, 3.8) is 0 Å². The van der Waals surface area contributed by atoms with Crippen LogP contribution in [0.1, 0.15) is 16.7 Å².